The van der Waals surface area contributed by atoms with Gasteiger partial charge in [0.2, 0.25) is 5.60 Å². The number of methoxy groups -OCH3 is 2. The van der Waals surface area contributed by atoms with Gasteiger partial charge in [0.15, 0.2) is 0 Å². The molecule has 292 valence electrons. The first-order chi connectivity index (χ1) is 24.2. The van der Waals surface area contributed by atoms with Gasteiger partial charge in [-0.25, -0.2) is 4.79 Å². The van der Waals surface area contributed by atoms with Crippen molar-refractivity contribution in [3.8, 4) is 0 Å². The van der Waals surface area contributed by atoms with Crippen LogP contribution in [0.3, 0.4) is 0 Å². The van der Waals surface area contributed by atoms with Crippen LogP contribution < -0.4 is 0 Å². The van der Waals surface area contributed by atoms with E-state index in [4.69, 9.17) is 33.2 Å². The molecule has 0 spiro atoms. The maximum atomic E-state index is 13.6. The number of alkyl halides is 1. The lowest BCUT2D eigenvalue weighted by Gasteiger charge is -2.30. The molecule has 0 aliphatic rings. The monoisotopic (exact) mass is 780 g/mol. The molecule has 12 nitrogen and oxygen atoms in total. The van der Waals surface area contributed by atoms with Crippen molar-refractivity contribution in [3.63, 3.8) is 0 Å². The molecule has 0 fully saturated rings. The standard InChI is InChI=1S/C37H65BrO12/c1-4-5-6-7-12-21-32(39)46-26-18-11-19-28-48-35(42)31-37(50-33(40)22-13-8-14-23-38,36(43)49-29-20-10-16-25-45-3)30-34(41)47-27-17-9-15-24-44-2/h4-31H2,1-3H3. The van der Waals surface area contributed by atoms with E-state index in [1.807, 2.05) is 0 Å². The number of carbonyl (C=O) groups is 5. The molecule has 0 N–H and O–H groups in total. The topological polar surface area (TPSA) is 150 Å². The van der Waals surface area contributed by atoms with Gasteiger partial charge in [-0.15, -0.1) is 0 Å². The van der Waals surface area contributed by atoms with E-state index in [2.05, 4.69) is 22.9 Å². The largest absolute Gasteiger partial charge is 0.466 e. The van der Waals surface area contributed by atoms with Gasteiger partial charge in [-0.1, -0.05) is 55.0 Å². The molecule has 50 heavy (non-hydrogen) atoms. The van der Waals surface area contributed by atoms with Gasteiger partial charge in [-0.05, 0) is 77.0 Å². The van der Waals surface area contributed by atoms with Crippen molar-refractivity contribution in [2.24, 2.45) is 0 Å². The molecule has 0 heterocycles. The van der Waals surface area contributed by atoms with Gasteiger partial charge in [0, 0.05) is 45.6 Å². The SMILES string of the molecule is CCCCCCCC(=O)OCCCCCOC(=O)CC(CC(=O)OCCCCCOC)(OC(=O)CCCCCBr)C(=O)OCCCCCOC. The Morgan fingerprint density at radius 3 is 1.34 bits per heavy atom. The summed E-state index contributed by atoms with van der Waals surface area (Å²) in [6.45, 7) is 3.76. The number of carbonyl (C=O) groups excluding carboxylic acids is 5. The van der Waals surface area contributed by atoms with Crippen LogP contribution in [0, 0.1) is 0 Å². The Balaban J connectivity index is 5.34. The lowest BCUT2D eigenvalue weighted by Crippen LogP contribution is -2.48. The minimum Gasteiger partial charge on any atom is -0.466 e. The fourth-order valence-electron chi connectivity index (χ4n) is 4.93. The molecule has 0 aliphatic carbocycles. The van der Waals surface area contributed by atoms with Crippen molar-refractivity contribution >= 4 is 45.8 Å². The zero-order chi connectivity index (χ0) is 37.1. The maximum Gasteiger partial charge on any atom is 0.351 e. The van der Waals surface area contributed by atoms with Gasteiger partial charge in [0.25, 0.3) is 0 Å². The Bertz CT molecular complexity index is 900. The predicted molar refractivity (Wildman–Crippen MR) is 193 cm³/mol. The van der Waals surface area contributed by atoms with Gasteiger partial charge < -0.3 is 33.2 Å². The van der Waals surface area contributed by atoms with Gasteiger partial charge in [0.1, 0.15) is 0 Å². The molecule has 0 radical (unpaired) electrons. The van der Waals surface area contributed by atoms with Gasteiger partial charge in [-0.3, -0.25) is 19.2 Å². The van der Waals surface area contributed by atoms with Crippen molar-refractivity contribution < 1.29 is 57.1 Å². The van der Waals surface area contributed by atoms with Crippen LogP contribution in [0.25, 0.3) is 0 Å². The summed E-state index contributed by atoms with van der Waals surface area (Å²) in [5, 5.41) is 0.788. The van der Waals surface area contributed by atoms with E-state index in [1.54, 1.807) is 14.2 Å². The van der Waals surface area contributed by atoms with Gasteiger partial charge >= 0.3 is 29.8 Å². The Morgan fingerprint density at radius 1 is 0.460 bits per heavy atom. The molecule has 0 aromatic rings. The quantitative estimate of drug-likeness (QED) is 0.0274. The highest BCUT2D eigenvalue weighted by Crippen LogP contribution is 2.27. The second-order valence-corrected chi connectivity index (χ2v) is 13.2. The normalized spacial score (nSPS) is 12.2. The first-order valence-corrected chi connectivity index (χ1v) is 19.8. The molecular weight excluding hydrogens is 716 g/mol. The molecule has 0 aromatic carbocycles. The van der Waals surface area contributed by atoms with Crippen LogP contribution in [-0.4, -0.2) is 94.6 Å². The van der Waals surface area contributed by atoms with Crippen LogP contribution in [-0.2, 0) is 57.1 Å². The van der Waals surface area contributed by atoms with Gasteiger partial charge in [-0.2, -0.15) is 0 Å². The average molecular weight is 782 g/mol. The van der Waals surface area contributed by atoms with Crippen molar-refractivity contribution in [1.29, 1.82) is 0 Å². The maximum absolute atomic E-state index is 13.6. The molecule has 1 atom stereocenters. The fraction of sp³-hybridized carbons (Fsp3) is 0.865. The number of halogens is 1. The first-order valence-electron chi connectivity index (χ1n) is 18.6. The molecule has 0 aromatic heterocycles. The highest BCUT2D eigenvalue weighted by Gasteiger charge is 2.49. The second-order valence-electron chi connectivity index (χ2n) is 12.5. The van der Waals surface area contributed by atoms with E-state index in [1.165, 1.54) is 6.42 Å². The van der Waals surface area contributed by atoms with E-state index in [0.717, 1.165) is 69.5 Å². The molecular formula is C37H65BrO12. The zero-order valence-corrected chi connectivity index (χ0v) is 32.7. The van der Waals surface area contributed by atoms with Crippen LogP contribution in [0.4, 0.5) is 0 Å². The van der Waals surface area contributed by atoms with Crippen LogP contribution in [0.1, 0.15) is 142 Å². The third-order valence-electron chi connectivity index (χ3n) is 7.84. The number of hydrogen-bond donors (Lipinski definition) is 0. The molecule has 0 aliphatic heterocycles. The minimum absolute atomic E-state index is 0.00603. The van der Waals surface area contributed by atoms with Crippen LogP contribution in [0.2, 0.25) is 0 Å². The van der Waals surface area contributed by atoms with Crippen molar-refractivity contribution in [2.45, 2.75) is 147 Å². The summed E-state index contributed by atoms with van der Waals surface area (Å²) in [5.41, 5.74) is -2.23. The summed E-state index contributed by atoms with van der Waals surface area (Å²) in [7, 11) is 3.22. The molecule has 0 bridgehead atoms. The number of esters is 5. The summed E-state index contributed by atoms with van der Waals surface area (Å²) >= 11 is 3.37. The van der Waals surface area contributed by atoms with Crippen LogP contribution >= 0.6 is 15.9 Å². The fourth-order valence-corrected chi connectivity index (χ4v) is 5.33. The Labute approximate surface area is 308 Å². The third kappa shape index (κ3) is 27.5. The van der Waals surface area contributed by atoms with Crippen molar-refractivity contribution in [1.82, 2.24) is 0 Å². The summed E-state index contributed by atoms with van der Waals surface area (Å²) in [6.07, 6.45) is 12.4. The lowest BCUT2D eigenvalue weighted by atomic mass is 9.94. The van der Waals surface area contributed by atoms with E-state index < -0.39 is 42.3 Å². The summed E-state index contributed by atoms with van der Waals surface area (Å²) in [6, 6.07) is 0. The predicted octanol–water partition coefficient (Wildman–Crippen LogP) is 7.34. The molecule has 0 rings (SSSR count). The van der Waals surface area contributed by atoms with Crippen LogP contribution in [0.5, 0.6) is 0 Å². The minimum atomic E-state index is -2.23. The number of rotatable bonds is 35. The molecule has 0 saturated carbocycles. The third-order valence-corrected chi connectivity index (χ3v) is 8.40. The Hall–Kier alpha value is -2.25. The second kappa shape index (κ2) is 33.9. The summed E-state index contributed by atoms with van der Waals surface area (Å²) in [4.78, 5) is 64.6. The van der Waals surface area contributed by atoms with E-state index in [-0.39, 0.29) is 32.2 Å². The lowest BCUT2D eigenvalue weighted by molar-refractivity contribution is -0.191. The smallest absolute Gasteiger partial charge is 0.351 e. The van der Waals surface area contributed by atoms with Crippen LogP contribution in [0.15, 0.2) is 0 Å². The highest BCUT2D eigenvalue weighted by molar-refractivity contribution is 9.09. The van der Waals surface area contributed by atoms with Crippen molar-refractivity contribution in [3.05, 3.63) is 0 Å². The van der Waals surface area contributed by atoms with Gasteiger partial charge in [0.05, 0.1) is 39.3 Å². The molecule has 0 amide bonds. The van der Waals surface area contributed by atoms with E-state index in [0.29, 0.717) is 64.8 Å². The number of hydrogen-bond acceptors (Lipinski definition) is 12. The average Bonchev–Trinajstić information content (AvgIpc) is 3.09. The Morgan fingerprint density at radius 2 is 0.860 bits per heavy atom. The number of unbranched alkanes of at least 4 members (excludes halogenated alkanes) is 12. The highest BCUT2D eigenvalue weighted by atomic mass is 79.9. The van der Waals surface area contributed by atoms with Crippen molar-refractivity contribution in [2.75, 3.05) is 59.2 Å². The summed E-state index contributed by atoms with van der Waals surface area (Å²) < 4.78 is 37.4. The summed E-state index contributed by atoms with van der Waals surface area (Å²) in [5.74, 6) is -3.50. The molecule has 1 unspecified atom stereocenters. The van der Waals surface area contributed by atoms with E-state index >= 15 is 0 Å². The molecule has 0 saturated heterocycles. The Kier molecular flexibility index (Phi) is 32.3. The first kappa shape index (κ1) is 47.8. The zero-order valence-electron chi connectivity index (χ0n) is 31.1. The molecule has 13 heteroatoms. The number of ether oxygens (including phenoxy) is 7. The van der Waals surface area contributed by atoms with E-state index in [9.17, 15) is 24.0 Å².